The lowest BCUT2D eigenvalue weighted by Gasteiger charge is -2.24. The summed E-state index contributed by atoms with van der Waals surface area (Å²) < 4.78 is 0. The second-order valence-electron chi connectivity index (χ2n) is 5.68. The van der Waals surface area contributed by atoms with E-state index in [4.69, 9.17) is 11.6 Å². The first kappa shape index (κ1) is 18.1. The van der Waals surface area contributed by atoms with Crippen LogP contribution in [0.15, 0.2) is 24.3 Å². The molecule has 1 aliphatic rings. The van der Waals surface area contributed by atoms with E-state index < -0.39 is 0 Å². The van der Waals surface area contributed by atoms with Gasteiger partial charge in [0.05, 0.1) is 5.75 Å². The lowest BCUT2D eigenvalue weighted by molar-refractivity contribution is -0.129. The van der Waals surface area contributed by atoms with Gasteiger partial charge in [-0.15, -0.1) is 11.8 Å². The van der Waals surface area contributed by atoms with Gasteiger partial charge in [-0.3, -0.25) is 9.59 Å². The van der Waals surface area contributed by atoms with Crippen LogP contribution in [0.2, 0.25) is 5.02 Å². The smallest absolute Gasteiger partial charge is 0.233 e. The number of nitrogens with zero attached hydrogens (tertiary/aromatic N) is 2. The normalized spacial score (nSPS) is 17.8. The van der Waals surface area contributed by atoms with Crippen molar-refractivity contribution < 1.29 is 9.59 Å². The van der Waals surface area contributed by atoms with Crippen LogP contribution < -0.4 is 5.32 Å². The van der Waals surface area contributed by atoms with E-state index in [1.165, 1.54) is 0 Å². The van der Waals surface area contributed by atoms with E-state index in [-0.39, 0.29) is 17.2 Å². The molecular formula is C16H22ClN3O2S. The molecule has 0 saturated carbocycles. The van der Waals surface area contributed by atoms with Crippen LogP contribution in [0.3, 0.4) is 0 Å². The Morgan fingerprint density at radius 3 is 2.87 bits per heavy atom. The van der Waals surface area contributed by atoms with Crippen LogP contribution in [0.4, 0.5) is 0 Å². The molecule has 1 aromatic carbocycles. The molecule has 2 rings (SSSR count). The Balaban J connectivity index is 1.91. The number of benzene rings is 1. The molecule has 126 valence electrons. The highest BCUT2D eigenvalue weighted by Gasteiger charge is 2.33. The zero-order chi connectivity index (χ0) is 16.8. The third-order valence-corrected chi connectivity index (χ3v) is 5.18. The Morgan fingerprint density at radius 2 is 2.17 bits per heavy atom. The number of hydrogen-bond donors (Lipinski definition) is 1. The van der Waals surface area contributed by atoms with E-state index in [0.717, 1.165) is 12.1 Å². The molecule has 1 atom stereocenters. The van der Waals surface area contributed by atoms with Gasteiger partial charge in [-0.25, -0.2) is 0 Å². The molecule has 1 fully saturated rings. The Bertz CT molecular complexity index is 568. The second-order valence-corrected chi connectivity index (χ2v) is 7.15. The molecule has 0 unspecified atom stereocenters. The van der Waals surface area contributed by atoms with Crippen molar-refractivity contribution in [2.45, 2.75) is 11.8 Å². The van der Waals surface area contributed by atoms with Gasteiger partial charge in [-0.05, 0) is 20.2 Å². The van der Waals surface area contributed by atoms with Gasteiger partial charge in [0, 0.05) is 36.6 Å². The Labute approximate surface area is 146 Å². The summed E-state index contributed by atoms with van der Waals surface area (Å²) in [6, 6.07) is 7.54. The van der Waals surface area contributed by atoms with Gasteiger partial charge in [-0.1, -0.05) is 29.8 Å². The first-order valence-electron chi connectivity index (χ1n) is 7.56. The fourth-order valence-electron chi connectivity index (χ4n) is 2.36. The molecule has 0 radical (unpaired) electrons. The largest absolute Gasteiger partial charge is 0.355 e. The number of rotatable bonds is 7. The molecule has 0 spiro atoms. The van der Waals surface area contributed by atoms with Gasteiger partial charge in [-0.2, -0.15) is 0 Å². The minimum atomic E-state index is -0.106. The molecule has 5 nitrogen and oxygen atoms in total. The summed E-state index contributed by atoms with van der Waals surface area (Å²) in [5.41, 5.74) is 0.929. The van der Waals surface area contributed by atoms with Crippen molar-refractivity contribution in [1.82, 2.24) is 15.1 Å². The van der Waals surface area contributed by atoms with E-state index >= 15 is 0 Å². The molecule has 1 N–H and O–H groups in total. The van der Waals surface area contributed by atoms with Crippen LogP contribution in [0, 0.1) is 0 Å². The number of amides is 2. The molecule has 1 aliphatic heterocycles. The van der Waals surface area contributed by atoms with E-state index in [1.807, 2.05) is 43.3 Å². The first-order valence-corrected chi connectivity index (χ1v) is 8.98. The number of halogens is 1. The molecule has 1 heterocycles. The minimum Gasteiger partial charge on any atom is -0.355 e. The van der Waals surface area contributed by atoms with Gasteiger partial charge in [0.2, 0.25) is 11.8 Å². The first-order chi connectivity index (χ1) is 11.0. The average Bonchev–Trinajstić information content (AvgIpc) is 2.86. The molecule has 7 heteroatoms. The molecule has 23 heavy (non-hydrogen) atoms. The van der Waals surface area contributed by atoms with Crippen molar-refractivity contribution in [3.8, 4) is 0 Å². The van der Waals surface area contributed by atoms with Crippen LogP contribution in [0.5, 0.6) is 0 Å². The summed E-state index contributed by atoms with van der Waals surface area (Å²) >= 11 is 7.80. The van der Waals surface area contributed by atoms with Gasteiger partial charge in [0.15, 0.2) is 0 Å². The maximum absolute atomic E-state index is 12.1. The zero-order valence-electron chi connectivity index (χ0n) is 13.4. The van der Waals surface area contributed by atoms with E-state index in [1.54, 1.807) is 16.7 Å². The molecule has 2 amide bonds. The molecular weight excluding hydrogens is 334 g/mol. The summed E-state index contributed by atoms with van der Waals surface area (Å²) in [6.07, 6.45) is 0.306. The van der Waals surface area contributed by atoms with Gasteiger partial charge < -0.3 is 15.1 Å². The Kier molecular flexibility index (Phi) is 6.74. The highest BCUT2D eigenvalue weighted by atomic mass is 35.5. The van der Waals surface area contributed by atoms with Crippen molar-refractivity contribution in [3.63, 3.8) is 0 Å². The lowest BCUT2D eigenvalue weighted by atomic mass is 10.2. The maximum atomic E-state index is 12.1. The third-order valence-electron chi connectivity index (χ3n) is 3.60. The monoisotopic (exact) mass is 355 g/mol. The predicted molar refractivity (Wildman–Crippen MR) is 94.5 cm³/mol. The topological polar surface area (TPSA) is 52.7 Å². The van der Waals surface area contributed by atoms with Crippen molar-refractivity contribution >= 4 is 35.2 Å². The SMILES string of the molecule is CN(C)CCNC(=O)CCN1C(=O)CS[C@@H]1c1ccccc1Cl. The summed E-state index contributed by atoms with van der Waals surface area (Å²) in [5.74, 6) is 0.452. The second kappa shape index (κ2) is 8.57. The number of thioether (sulfide) groups is 1. The molecule has 1 aromatic rings. The van der Waals surface area contributed by atoms with Crippen molar-refractivity contribution in [1.29, 1.82) is 0 Å². The van der Waals surface area contributed by atoms with Gasteiger partial charge in [0.1, 0.15) is 5.37 Å². The fraction of sp³-hybridized carbons (Fsp3) is 0.500. The van der Waals surface area contributed by atoms with Gasteiger partial charge in [0.25, 0.3) is 0 Å². The van der Waals surface area contributed by atoms with Crippen LogP contribution in [0.25, 0.3) is 0 Å². The van der Waals surface area contributed by atoms with E-state index in [2.05, 4.69) is 5.32 Å². The van der Waals surface area contributed by atoms with Crippen LogP contribution in [-0.2, 0) is 9.59 Å². The standard InChI is InChI=1S/C16H22ClN3O2S/c1-19(2)10-8-18-14(21)7-9-20-15(22)11-23-16(20)12-5-3-4-6-13(12)17/h3-6,16H,7-11H2,1-2H3,(H,18,21)/t16-/m1/s1. The minimum absolute atomic E-state index is 0.0329. The summed E-state index contributed by atoms with van der Waals surface area (Å²) in [6.45, 7) is 1.82. The maximum Gasteiger partial charge on any atom is 0.233 e. The van der Waals surface area contributed by atoms with Crippen LogP contribution in [-0.4, -0.2) is 61.1 Å². The highest BCUT2D eigenvalue weighted by Crippen LogP contribution is 2.41. The van der Waals surface area contributed by atoms with Gasteiger partial charge >= 0.3 is 0 Å². The predicted octanol–water partition coefficient (Wildman–Crippen LogP) is 1.98. The molecule has 1 saturated heterocycles. The molecule has 0 bridgehead atoms. The van der Waals surface area contributed by atoms with Crippen molar-refractivity contribution in [2.24, 2.45) is 0 Å². The number of likely N-dealkylation sites (N-methyl/N-ethyl adjacent to an activating group) is 1. The Morgan fingerprint density at radius 1 is 1.43 bits per heavy atom. The lowest BCUT2D eigenvalue weighted by Crippen LogP contribution is -2.35. The molecule has 0 aromatic heterocycles. The third kappa shape index (κ3) is 5.12. The van der Waals surface area contributed by atoms with E-state index in [9.17, 15) is 9.59 Å². The van der Waals surface area contributed by atoms with Crippen molar-refractivity contribution in [3.05, 3.63) is 34.9 Å². The number of carbonyl (C=O) groups excluding carboxylic acids is 2. The van der Waals surface area contributed by atoms with Crippen LogP contribution >= 0.6 is 23.4 Å². The summed E-state index contributed by atoms with van der Waals surface area (Å²) in [4.78, 5) is 27.8. The average molecular weight is 356 g/mol. The van der Waals surface area contributed by atoms with Crippen LogP contribution in [0.1, 0.15) is 17.4 Å². The van der Waals surface area contributed by atoms with Crippen molar-refractivity contribution in [2.75, 3.05) is 39.5 Å². The number of hydrogen-bond acceptors (Lipinski definition) is 4. The highest BCUT2D eigenvalue weighted by molar-refractivity contribution is 8.00. The Hall–Kier alpha value is -1.24. The summed E-state index contributed by atoms with van der Waals surface area (Å²) in [7, 11) is 3.92. The fourth-order valence-corrected chi connectivity index (χ4v) is 3.92. The number of carbonyl (C=O) groups is 2. The number of nitrogens with one attached hydrogen (secondary N) is 1. The molecule has 0 aliphatic carbocycles. The van der Waals surface area contributed by atoms with E-state index in [0.29, 0.717) is 30.3 Å². The zero-order valence-corrected chi connectivity index (χ0v) is 15.0. The quantitative estimate of drug-likeness (QED) is 0.812. The summed E-state index contributed by atoms with van der Waals surface area (Å²) in [5, 5.41) is 3.41.